The van der Waals surface area contributed by atoms with Gasteiger partial charge in [0.1, 0.15) is 17.7 Å². The maximum atomic E-state index is 13.7. The number of rotatable bonds is 14. The summed E-state index contributed by atoms with van der Waals surface area (Å²) in [4.78, 5) is 67.4. The van der Waals surface area contributed by atoms with Crippen LogP contribution in [-0.2, 0) is 30.3 Å². The second-order valence-electron chi connectivity index (χ2n) is 12.8. The number of ketones is 1. The number of piperidine rings is 1. The van der Waals surface area contributed by atoms with Crippen LogP contribution in [0.15, 0.2) is 30.3 Å². The largest absolute Gasteiger partial charge is 0.361 e. The van der Waals surface area contributed by atoms with E-state index in [1.165, 1.54) is 0 Å². The molecular formula is C32H49N5O6. The van der Waals surface area contributed by atoms with Crippen molar-refractivity contribution in [3.8, 4) is 0 Å². The number of hydrogen-bond acceptors (Lipinski definition) is 6. The highest BCUT2D eigenvalue weighted by Crippen LogP contribution is 2.29. The van der Waals surface area contributed by atoms with Crippen molar-refractivity contribution in [3.63, 3.8) is 0 Å². The minimum atomic E-state index is -0.972. The molecule has 4 atom stereocenters. The lowest BCUT2D eigenvalue weighted by molar-refractivity contribution is -0.133. The Bertz CT molecular complexity index is 1130. The van der Waals surface area contributed by atoms with Gasteiger partial charge in [0.25, 0.3) is 0 Å². The van der Waals surface area contributed by atoms with Gasteiger partial charge in [0, 0.05) is 32.5 Å². The third-order valence-corrected chi connectivity index (χ3v) is 8.07. The van der Waals surface area contributed by atoms with Crippen LogP contribution >= 0.6 is 0 Å². The average Bonchev–Trinajstić information content (AvgIpc) is 3.73. The van der Waals surface area contributed by atoms with E-state index in [0.29, 0.717) is 45.4 Å². The Labute approximate surface area is 255 Å². The zero-order valence-electron chi connectivity index (χ0n) is 26.4. The van der Waals surface area contributed by atoms with Crippen molar-refractivity contribution in [1.82, 2.24) is 26.2 Å². The van der Waals surface area contributed by atoms with Crippen molar-refractivity contribution in [2.75, 3.05) is 26.7 Å². The zero-order valence-corrected chi connectivity index (χ0v) is 26.4. The third kappa shape index (κ3) is 10.0. The maximum Gasteiger partial charge on any atom is 0.318 e. The van der Waals surface area contributed by atoms with E-state index in [2.05, 4.69) is 21.3 Å². The normalized spacial score (nSPS) is 20.6. The molecule has 5 amide bonds. The number of carbonyl (C=O) groups excluding carboxylic acids is 5. The van der Waals surface area contributed by atoms with E-state index < -0.39 is 35.5 Å². The summed E-state index contributed by atoms with van der Waals surface area (Å²) in [5.41, 5.74) is -0.0532. The lowest BCUT2D eigenvalue weighted by Crippen LogP contribution is -2.58. The first-order chi connectivity index (χ1) is 20.3. The van der Waals surface area contributed by atoms with Crippen molar-refractivity contribution in [2.24, 2.45) is 17.8 Å². The Hall–Kier alpha value is -3.47. The number of amides is 5. The first-order valence-electron chi connectivity index (χ1n) is 15.4. The van der Waals surface area contributed by atoms with Crippen LogP contribution in [0.25, 0.3) is 0 Å². The Morgan fingerprint density at radius 1 is 0.860 bits per heavy atom. The van der Waals surface area contributed by atoms with Crippen LogP contribution in [0.3, 0.4) is 0 Å². The van der Waals surface area contributed by atoms with E-state index in [1.54, 1.807) is 18.9 Å². The van der Waals surface area contributed by atoms with Gasteiger partial charge in [-0.2, -0.15) is 0 Å². The molecule has 2 fully saturated rings. The van der Waals surface area contributed by atoms with E-state index >= 15 is 0 Å². The van der Waals surface area contributed by atoms with E-state index in [-0.39, 0.29) is 41.9 Å². The number of ether oxygens (including phenoxy) is 1. The molecule has 11 heteroatoms. The van der Waals surface area contributed by atoms with Crippen molar-refractivity contribution in [3.05, 3.63) is 35.9 Å². The van der Waals surface area contributed by atoms with Crippen LogP contribution in [0.5, 0.6) is 0 Å². The highest BCUT2D eigenvalue weighted by atomic mass is 16.6. The van der Waals surface area contributed by atoms with E-state index in [1.807, 2.05) is 58.0 Å². The van der Waals surface area contributed by atoms with E-state index in [9.17, 15) is 24.0 Å². The maximum absolute atomic E-state index is 13.7. The van der Waals surface area contributed by atoms with Crippen LogP contribution in [0, 0.1) is 17.8 Å². The lowest BCUT2D eigenvalue weighted by Gasteiger charge is -2.33. The predicted octanol–water partition coefficient (Wildman–Crippen LogP) is 2.19. The fraction of sp³-hybridized carbons (Fsp3) is 0.656. The van der Waals surface area contributed by atoms with Crippen LogP contribution in [0.4, 0.5) is 4.79 Å². The summed E-state index contributed by atoms with van der Waals surface area (Å²) in [5, 5.41) is 11.3. The summed E-state index contributed by atoms with van der Waals surface area (Å²) < 4.78 is 5.37. The highest BCUT2D eigenvalue weighted by Gasteiger charge is 2.50. The number of nitrogens with one attached hydrogen (secondary N) is 4. The summed E-state index contributed by atoms with van der Waals surface area (Å²) in [5.74, 6) is -1.05. The fourth-order valence-electron chi connectivity index (χ4n) is 5.42. The minimum Gasteiger partial charge on any atom is -0.361 e. The number of urea groups is 1. The van der Waals surface area contributed by atoms with E-state index in [0.717, 1.165) is 5.56 Å². The van der Waals surface area contributed by atoms with Gasteiger partial charge in [-0.15, -0.1) is 0 Å². The van der Waals surface area contributed by atoms with Gasteiger partial charge < -0.3 is 30.9 Å². The molecule has 1 aromatic carbocycles. The Morgan fingerprint density at radius 3 is 1.93 bits per heavy atom. The quantitative estimate of drug-likeness (QED) is 0.241. The lowest BCUT2D eigenvalue weighted by atomic mass is 9.93. The zero-order chi connectivity index (χ0) is 31.7. The first kappa shape index (κ1) is 34.0. The van der Waals surface area contributed by atoms with Crippen molar-refractivity contribution >= 4 is 29.5 Å². The molecule has 2 aliphatic heterocycles. The molecule has 4 N–H and O–H groups in total. The van der Waals surface area contributed by atoms with Crippen molar-refractivity contribution in [1.29, 1.82) is 0 Å². The number of hydrogen-bond donors (Lipinski definition) is 4. The number of Topliss-reactive ketones (excluding diaryl/α,β-unsaturated/α-hetero) is 1. The van der Waals surface area contributed by atoms with Gasteiger partial charge >= 0.3 is 6.03 Å². The van der Waals surface area contributed by atoms with Crippen molar-refractivity contribution in [2.45, 2.75) is 90.4 Å². The molecule has 3 rings (SSSR count). The van der Waals surface area contributed by atoms with Gasteiger partial charge in [0.2, 0.25) is 17.7 Å². The summed E-state index contributed by atoms with van der Waals surface area (Å²) in [6.07, 6.45) is 2.13. The monoisotopic (exact) mass is 599 g/mol. The third-order valence-electron chi connectivity index (χ3n) is 8.07. The molecule has 2 saturated heterocycles. The molecule has 43 heavy (non-hydrogen) atoms. The first-order valence-corrected chi connectivity index (χ1v) is 15.4. The van der Waals surface area contributed by atoms with Crippen LogP contribution < -0.4 is 21.3 Å². The molecule has 238 valence electrons. The number of nitrogens with zero attached hydrogens (tertiary/aromatic N) is 1. The Morgan fingerprint density at radius 2 is 1.40 bits per heavy atom. The summed E-state index contributed by atoms with van der Waals surface area (Å²) in [6.45, 7) is 10.7. The van der Waals surface area contributed by atoms with Crippen LogP contribution in [0.2, 0.25) is 0 Å². The molecule has 2 heterocycles. The minimum absolute atomic E-state index is 0.0315. The molecule has 2 aliphatic rings. The van der Waals surface area contributed by atoms with Gasteiger partial charge in [0.05, 0.1) is 12.6 Å². The molecule has 4 unspecified atom stereocenters. The van der Waals surface area contributed by atoms with Gasteiger partial charge in [-0.1, -0.05) is 58.0 Å². The molecule has 0 saturated carbocycles. The van der Waals surface area contributed by atoms with E-state index in [4.69, 9.17) is 4.74 Å². The predicted molar refractivity (Wildman–Crippen MR) is 163 cm³/mol. The molecule has 0 aromatic heterocycles. The molecule has 0 aliphatic carbocycles. The molecule has 11 nitrogen and oxygen atoms in total. The summed E-state index contributed by atoms with van der Waals surface area (Å²) >= 11 is 0. The molecule has 0 spiro atoms. The highest BCUT2D eigenvalue weighted by molar-refractivity contribution is 5.98. The molecule has 0 radical (unpaired) electrons. The Balaban J connectivity index is 1.74. The molecule has 1 aromatic rings. The summed E-state index contributed by atoms with van der Waals surface area (Å²) in [6, 6.07) is 6.36. The number of benzene rings is 1. The van der Waals surface area contributed by atoms with Crippen molar-refractivity contribution < 1.29 is 28.7 Å². The second kappa shape index (κ2) is 15.3. The van der Waals surface area contributed by atoms with Crippen LogP contribution in [-0.4, -0.2) is 84.9 Å². The SMILES string of the molecule is CNC(=O)C1CCN(C(=O)NC(CC(C)C)C(=O)NC(Cc2ccccc2)C(=O)NC(CC(C)C)C(=O)C2(C)CO2)CC1. The van der Waals surface area contributed by atoms with Gasteiger partial charge in [-0.25, -0.2) is 4.79 Å². The Kier molecular flexibility index (Phi) is 12.1. The second-order valence-corrected chi connectivity index (χ2v) is 12.8. The average molecular weight is 600 g/mol. The molecule has 0 bridgehead atoms. The number of epoxide rings is 1. The smallest absolute Gasteiger partial charge is 0.318 e. The van der Waals surface area contributed by atoms with Crippen LogP contribution in [0.1, 0.15) is 65.9 Å². The standard InChI is InChI=1S/C32H49N5O6/c1-20(2)16-24(27(38)32(5)19-43-32)34-30(41)26(18-22-10-8-7-9-11-22)35-29(40)25(17-21(3)4)36-31(42)37-14-12-23(13-15-37)28(39)33-6/h7-11,20-21,23-26H,12-19H2,1-6H3,(H,33,39)(H,34,41)(H,35,40)(H,36,42). The summed E-state index contributed by atoms with van der Waals surface area (Å²) in [7, 11) is 1.60. The van der Waals surface area contributed by atoms with Gasteiger partial charge in [-0.3, -0.25) is 19.2 Å². The molecular weight excluding hydrogens is 550 g/mol. The topological polar surface area (TPSA) is 149 Å². The number of likely N-dealkylation sites (tertiary alicyclic amines) is 1. The van der Waals surface area contributed by atoms with Gasteiger partial charge in [-0.05, 0) is 50.0 Å². The number of carbonyl (C=O) groups is 5. The van der Waals surface area contributed by atoms with Gasteiger partial charge in [0.15, 0.2) is 5.78 Å². The fourth-order valence-corrected chi connectivity index (χ4v) is 5.42.